The summed E-state index contributed by atoms with van der Waals surface area (Å²) < 4.78 is 6.15. The Balaban J connectivity index is 0.00000180. The molecule has 1 atom stereocenters. The summed E-state index contributed by atoms with van der Waals surface area (Å²) >= 11 is 3.39. The van der Waals surface area contributed by atoms with Crippen molar-refractivity contribution in [2.45, 2.75) is 6.92 Å². The molecule has 4 nitrogen and oxygen atoms in total. The third-order valence-electron chi connectivity index (χ3n) is 3.35. The number of amides is 1. The highest BCUT2D eigenvalue weighted by atomic mass is 79.9. The van der Waals surface area contributed by atoms with E-state index in [2.05, 4.69) is 26.6 Å². The number of carbonyl (C=O) groups is 1. The van der Waals surface area contributed by atoms with E-state index >= 15 is 0 Å². The Morgan fingerprint density at radius 2 is 2.21 bits per heavy atom. The first-order valence-electron chi connectivity index (χ1n) is 5.97. The van der Waals surface area contributed by atoms with Crippen molar-refractivity contribution in [2.24, 2.45) is 11.8 Å². The number of methoxy groups -OCH3 is 1. The van der Waals surface area contributed by atoms with E-state index in [4.69, 9.17) is 4.74 Å². The Hall–Kier alpha value is -0.780. The van der Waals surface area contributed by atoms with Crippen LogP contribution < -0.4 is 15.4 Å². The predicted octanol–water partition coefficient (Wildman–Crippen LogP) is 2.67. The summed E-state index contributed by atoms with van der Waals surface area (Å²) in [5.41, 5.74) is 0.705. The maximum absolute atomic E-state index is 12.1. The van der Waals surface area contributed by atoms with Gasteiger partial charge in [-0.2, -0.15) is 0 Å². The Morgan fingerprint density at radius 1 is 1.53 bits per heavy atom. The van der Waals surface area contributed by atoms with Crippen molar-refractivity contribution in [3.05, 3.63) is 22.7 Å². The summed E-state index contributed by atoms with van der Waals surface area (Å²) in [7, 11) is 1.60. The SMILES string of the molecule is COc1ccc(Br)cc1NC(=O)C(C)C1CNC1.Cl. The number of hydrogen-bond acceptors (Lipinski definition) is 3. The highest BCUT2D eigenvalue weighted by Gasteiger charge is 2.29. The van der Waals surface area contributed by atoms with E-state index in [0.717, 1.165) is 17.6 Å². The van der Waals surface area contributed by atoms with Crippen LogP contribution in [0.4, 0.5) is 5.69 Å². The fourth-order valence-corrected chi connectivity index (χ4v) is 2.26. The molecule has 1 heterocycles. The maximum Gasteiger partial charge on any atom is 0.227 e. The number of halogens is 2. The van der Waals surface area contributed by atoms with Gasteiger partial charge >= 0.3 is 0 Å². The molecule has 0 aromatic heterocycles. The average molecular weight is 350 g/mol. The van der Waals surface area contributed by atoms with Crippen molar-refractivity contribution >= 4 is 39.9 Å². The summed E-state index contributed by atoms with van der Waals surface area (Å²) in [5, 5.41) is 6.11. The minimum Gasteiger partial charge on any atom is -0.495 e. The number of benzene rings is 1. The van der Waals surface area contributed by atoms with Gasteiger partial charge in [-0.1, -0.05) is 22.9 Å². The highest BCUT2D eigenvalue weighted by Crippen LogP contribution is 2.29. The number of anilines is 1. The molecule has 1 fully saturated rings. The van der Waals surface area contributed by atoms with Crippen molar-refractivity contribution in [3.8, 4) is 5.75 Å². The zero-order chi connectivity index (χ0) is 13.1. The van der Waals surface area contributed by atoms with E-state index in [1.54, 1.807) is 7.11 Å². The van der Waals surface area contributed by atoms with Gasteiger partial charge in [0.1, 0.15) is 5.75 Å². The van der Waals surface area contributed by atoms with Gasteiger partial charge in [0.2, 0.25) is 5.91 Å². The molecule has 1 aliphatic heterocycles. The van der Waals surface area contributed by atoms with Gasteiger partial charge in [0.05, 0.1) is 12.8 Å². The molecule has 19 heavy (non-hydrogen) atoms. The third-order valence-corrected chi connectivity index (χ3v) is 3.85. The number of nitrogens with one attached hydrogen (secondary N) is 2. The standard InChI is InChI=1S/C13H17BrN2O2.ClH/c1-8(9-6-15-7-9)13(17)16-11-5-10(14)3-4-12(11)18-2;/h3-5,8-9,15H,6-7H2,1-2H3,(H,16,17);1H. The Kier molecular flexibility index (Phi) is 6.10. The van der Waals surface area contributed by atoms with Gasteiger partial charge in [-0.15, -0.1) is 12.4 Å². The predicted molar refractivity (Wildman–Crippen MR) is 82.1 cm³/mol. The van der Waals surface area contributed by atoms with E-state index in [9.17, 15) is 4.79 Å². The summed E-state index contributed by atoms with van der Waals surface area (Å²) in [6.45, 7) is 3.81. The van der Waals surface area contributed by atoms with Crippen LogP contribution in [0.2, 0.25) is 0 Å². The van der Waals surface area contributed by atoms with Crippen molar-refractivity contribution in [2.75, 3.05) is 25.5 Å². The number of rotatable bonds is 4. The lowest BCUT2D eigenvalue weighted by atomic mass is 9.88. The fraction of sp³-hybridized carbons (Fsp3) is 0.462. The first-order chi connectivity index (χ1) is 8.61. The Labute approximate surface area is 127 Å². The van der Waals surface area contributed by atoms with Crippen LogP contribution in [0.15, 0.2) is 22.7 Å². The van der Waals surface area contributed by atoms with Crippen molar-refractivity contribution in [3.63, 3.8) is 0 Å². The molecule has 1 saturated heterocycles. The molecule has 0 bridgehead atoms. The molecule has 1 aromatic rings. The molecule has 0 spiro atoms. The maximum atomic E-state index is 12.1. The highest BCUT2D eigenvalue weighted by molar-refractivity contribution is 9.10. The number of carbonyl (C=O) groups excluding carboxylic acids is 1. The minimum atomic E-state index is 0. The second-order valence-corrected chi connectivity index (χ2v) is 5.46. The monoisotopic (exact) mass is 348 g/mol. The number of hydrogen-bond donors (Lipinski definition) is 2. The normalized spacial score (nSPS) is 15.9. The second kappa shape index (κ2) is 7.12. The smallest absolute Gasteiger partial charge is 0.227 e. The quantitative estimate of drug-likeness (QED) is 0.878. The lowest BCUT2D eigenvalue weighted by Gasteiger charge is -2.31. The van der Waals surface area contributed by atoms with Crippen LogP contribution in [-0.4, -0.2) is 26.1 Å². The number of ether oxygens (including phenoxy) is 1. The lowest BCUT2D eigenvalue weighted by molar-refractivity contribution is -0.121. The lowest BCUT2D eigenvalue weighted by Crippen LogP contribution is -2.48. The molecular formula is C13H18BrClN2O2. The first-order valence-corrected chi connectivity index (χ1v) is 6.76. The molecule has 1 amide bonds. The van der Waals surface area contributed by atoms with E-state index in [-0.39, 0.29) is 24.2 Å². The van der Waals surface area contributed by atoms with Crippen LogP contribution in [0, 0.1) is 11.8 Å². The van der Waals surface area contributed by atoms with Crippen LogP contribution in [-0.2, 0) is 4.79 Å². The minimum absolute atomic E-state index is 0. The van der Waals surface area contributed by atoms with E-state index in [0.29, 0.717) is 17.4 Å². The zero-order valence-electron chi connectivity index (χ0n) is 10.9. The zero-order valence-corrected chi connectivity index (χ0v) is 13.3. The van der Waals surface area contributed by atoms with E-state index in [1.165, 1.54) is 0 Å². The van der Waals surface area contributed by atoms with Crippen molar-refractivity contribution < 1.29 is 9.53 Å². The summed E-state index contributed by atoms with van der Waals surface area (Å²) in [4.78, 5) is 12.1. The molecule has 6 heteroatoms. The van der Waals surface area contributed by atoms with Gasteiger partial charge < -0.3 is 15.4 Å². The molecule has 2 N–H and O–H groups in total. The molecule has 106 valence electrons. The van der Waals surface area contributed by atoms with Crippen LogP contribution >= 0.6 is 28.3 Å². The molecule has 0 radical (unpaired) electrons. The fourth-order valence-electron chi connectivity index (χ4n) is 1.90. The molecule has 1 unspecified atom stereocenters. The third kappa shape index (κ3) is 3.84. The summed E-state index contributed by atoms with van der Waals surface area (Å²) in [6, 6.07) is 5.56. The molecular weight excluding hydrogens is 332 g/mol. The topological polar surface area (TPSA) is 50.4 Å². The van der Waals surface area contributed by atoms with Crippen LogP contribution in [0.1, 0.15) is 6.92 Å². The van der Waals surface area contributed by atoms with Crippen LogP contribution in [0.3, 0.4) is 0 Å². The van der Waals surface area contributed by atoms with Crippen molar-refractivity contribution in [1.29, 1.82) is 0 Å². The molecule has 1 aromatic carbocycles. The van der Waals surface area contributed by atoms with Gasteiger partial charge in [0.25, 0.3) is 0 Å². The van der Waals surface area contributed by atoms with Gasteiger partial charge in [0, 0.05) is 10.4 Å². The van der Waals surface area contributed by atoms with Gasteiger partial charge in [-0.05, 0) is 37.2 Å². The largest absolute Gasteiger partial charge is 0.495 e. The molecule has 1 aliphatic rings. The Morgan fingerprint density at radius 3 is 2.74 bits per heavy atom. The second-order valence-electron chi connectivity index (χ2n) is 4.54. The molecule has 0 saturated carbocycles. The Bertz CT molecular complexity index is 452. The van der Waals surface area contributed by atoms with Gasteiger partial charge in [0.15, 0.2) is 0 Å². The van der Waals surface area contributed by atoms with Gasteiger partial charge in [-0.25, -0.2) is 0 Å². The molecule has 0 aliphatic carbocycles. The van der Waals surface area contributed by atoms with E-state index < -0.39 is 0 Å². The average Bonchev–Trinajstić information content (AvgIpc) is 2.27. The molecule has 2 rings (SSSR count). The first kappa shape index (κ1) is 16.3. The van der Waals surface area contributed by atoms with Gasteiger partial charge in [-0.3, -0.25) is 4.79 Å². The van der Waals surface area contributed by atoms with Crippen LogP contribution in [0.25, 0.3) is 0 Å². The van der Waals surface area contributed by atoms with Crippen molar-refractivity contribution in [1.82, 2.24) is 5.32 Å². The summed E-state index contributed by atoms with van der Waals surface area (Å²) in [5.74, 6) is 1.15. The summed E-state index contributed by atoms with van der Waals surface area (Å²) in [6.07, 6.45) is 0. The van der Waals surface area contributed by atoms with Crippen LogP contribution in [0.5, 0.6) is 5.75 Å². The van der Waals surface area contributed by atoms with E-state index in [1.807, 2.05) is 25.1 Å².